The number of carbonyl (C=O) groups is 1. The highest BCUT2D eigenvalue weighted by molar-refractivity contribution is 7.21. The van der Waals surface area contributed by atoms with E-state index in [0.29, 0.717) is 21.1 Å². The van der Waals surface area contributed by atoms with Gasteiger partial charge in [0.05, 0.1) is 31.0 Å². The number of aromatic nitrogens is 1. The first-order valence-corrected chi connectivity index (χ1v) is 9.55. The molecule has 6 nitrogen and oxygen atoms in total. The predicted octanol–water partition coefficient (Wildman–Crippen LogP) is 5.17. The van der Waals surface area contributed by atoms with Gasteiger partial charge in [-0.2, -0.15) is 8.78 Å². The van der Waals surface area contributed by atoms with Crippen LogP contribution in [0.25, 0.3) is 20.8 Å². The normalized spacial score (nSPS) is 11.4. The standard InChI is InChI=1S/C19H16ClF2NO5S/c1-4-27-18(24)19(21,22)28-16-13(25-2)7-10(8-14(16)26-3)17-23-12-9-11(20)5-6-15(12)29-17/h5-9H,4H2,1-3H3. The van der Waals surface area contributed by atoms with Gasteiger partial charge in [0, 0.05) is 10.6 Å². The van der Waals surface area contributed by atoms with E-state index in [2.05, 4.69) is 14.5 Å². The summed E-state index contributed by atoms with van der Waals surface area (Å²) in [5, 5.41) is 1.15. The molecule has 1 aromatic heterocycles. The number of esters is 1. The number of nitrogens with zero attached hydrogens (tertiary/aromatic N) is 1. The first-order valence-electron chi connectivity index (χ1n) is 8.35. The summed E-state index contributed by atoms with van der Waals surface area (Å²) in [6.45, 7) is 1.20. The Kier molecular flexibility index (Phi) is 6.09. The molecule has 10 heteroatoms. The Bertz CT molecular complexity index is 1030. The number of rotatable bonds is 7. The van der Waals surface area contributed by atoms with Gasteiger partial charge in [-0.15, -0.1) is 11.3 Å². The summed E-state index contributed by atoms with van der Waals surface area (Å²) < 4.78 is 48.5. The van der Waals surface area contributed by atoms with Gasteiger partial charge in [0.25, 0.3) is 0 Å². The molecule has 0 aliphatic carbocycles. The van der Waals surface area contributed by atoms with Crippen LogP contribution in [0.4, 0.5) is 8.78 Å². The molecule has 0 saturated heterocycles. The van der Waals surface area contributed by atoms with Crippen molar-refractivity contribution in [1.82, 2.24) is 4.98 Å². The van der Waals surface area contributed by atoms with Crippen molar-refractivity contribution >= 4 is 39.1 Å². The van der Waals surface area contributed by atoms with Crippen molar-refractivity contribution in [3.05, 3.63) is 35.4 Å². The van der Waals surface area contributed by atoms with Crippen LogP contribution in [0.5, 0.6) is 17.2 Å². The van der Waals surface area contributed by atoms with E-state index in [1.54, 1.807) is 12.1 Å². The van der Waals surface area contributed by atoms with Crippen LogP contribution in [-0.2, 0) is 9.53 Å². The minimum Gasteiger partial charge on any atom is -0.493 e. The number of fused-ring (bicyclic) bond motifs is 1. The molecule has 0 fully saturated rings. The quantitative estimate of drug-likeness (QED) is 0.469. The van der Waals surface area contributed by atoms with E-state index in [0.717, 1.165) is 4.70 Å². The van der Waals surface area contributed by atoms with E-state index < -0.39 is 17.8 Å². The molecule has 0 radical (unpaired) electrons. The lowest BCUT2D eigenvalue weighted by atomic mass is 10.2. The van der Waals surface area contributed by atoms with E-state index in [1.807, 2.05) is 6.07 Å². The minimum absolute atomic E-state index is 0.0550. The summed E-state index contributed by atoms with van der Waals surface area (Å²) in [5.41, 5.74) is 1.26. The topological polar surface area (TPSA) is 66.9 Å². The predicted molar refractivity (Wildman–Crippen MR) is 105 cm³/mol. The van der Waals surface area contributed by atoms with Crippen LogP contribution >= 0.6 is 22.9 Å². The average molecular weight is 444 g/mol. The number of alkyl halides is 2. The van der Waals surface area contributed by atoms with Crippen molar-refractivity contribution in [2.24, 2.45) is 0 Å². The number of hydrogen-bond donors (Lipinski definition) is 0. The number of halogens is 3. The van der Waals surface area contributed by atoms with Crippen molar-refractivity contribution in [2.75, 3.05) is 20.8 Å². The lowest BCUT2D eigenvalue weighted by Crippen LogP contribution is -2.37. The number of benzene rings is 2. The lowest BCUT2D eigenvalue weighted by Gasteiger charge is -2.20. The molecule has 0 aliphatic rings. The van der Waals surface area contributed by atoms with Gasteiger partial charge >= 0.3 is 12.1 Å². The number of methoxy groups -OCH3 is 2. The second-order valence-electron chi connectivity index (χ2n) is 5.68. The Morgan fingerprint density at radius 3 is 2.41 bits per heavy atom. The fraction of sp³-hybridized carbons (Fsp3) is 0.263. The summed E-state index contributed by atoms with van der Waals surface area (Å²) in [6.07, 6.45) is -4.22. The SMILES string of the molecule is CCOC(=O)C(F)(F)Oc1c(OC)cc(-c2nc3cc(Cl)ccc3s2)cc1OC. The molecular formula is C19H16ClF2NO5S. The van der Waals surface area contributed by atoms with Gasteiger partial charge in [0.15, 0.2) is 11.5 Å². The van der Waals surface area contributed by atoms with E-state index in [9.17, 15) is 13.6 Å². The third kappa shape index (κ3) is 4.35. The highest BCUT2D eigenvalue weighted by Crippen LogP contribution is 2.45. The lowest BCUT2D eigenvalue weighted by molar-refractivity contribution is -0.216. The van der Waals surface area contributed by atoms with Crippen molar-refractivity contribution < 1.29 is 32.5 Å². The van der Waals surface area contributed by atoms with E-state index in [1.165, 1.54) is 44.6 Å². The first kappa shape index (κ1) is 21.1. The van der Waals surface area contributed by atoms with Gasteiger partial charge in [-0.05, 0) is 37.3 Å². The molecule has 0 spiro atoms. The summed E-state index contributed by atoms with van der Waals surface area (Å²) in [6, 6.07) is 8.26. The van der Waals surface area contributed by atoms with Crippen LogP contribution in [0.15, 0.2) is 30.3 Å². The minimum atomic E-state index is -4.22. The summed E-state index contributed by atoms with van der Waals surface area (Å²) in [5.74, 6) is -2.35. The second kappa shape index (κ2) is 8.38. The molecule has 0 atom stereocenters. The highest BCUT2D eigenvalue weighted by atomic mass is 35.5. The maximum atomic E-state index is 14.1. The van der Waals surface area contributed by atoms with E-state index in [4.69, 9.17) is 21.1 Å². The molecule has 0 aliphatic heterocycles. The Morgan fingerprint density at radius 2 is 1.83 bits per heavy atom. The third-order valence-electron chi connectivity index (χ3n) is 3.80. The molecule has 2 aromatic carbocycles. The van der Waals surface area contributed by atoms with Gasteiger partial charge in [0.1, 0.15) is 5.01 Å². The van der Waals surface area contributed by atoms with Gasteiger partial charge in [-0.1, -0.05) is 11.6 Å². The largest absolute Gasteiger partial charge is 0.502 e. The molecule has 1 heterocycles. The van der Waals surface area contributed by atoms with Crippen molar-refractivity contribution in [2.45, 2.75) is 13.0 Å². The number of carbonyl (C=O) groups excluding carboxylic acids is 1. The van der Waals surface area contributed by atoms with Crippen molar-refractivity contribution in [3.8, 4) is 27.8 Å². The maximum absolute atomic E-state index is 14.1. The molecule has 3 aromatic rings. The van der Waals surface area contributed by atoms with Gasteiger partial charge < -0.3 is 18.9 Å². The average Bonchev–Trinajstić information content (AvgIpc) is 3.11. The molecule has 154 valence electrons. The van der Waals surface area contributed by atoms with Crippen molar-refractivity contribution in [1.29, 1.82) is 0 Å². The summed E-state index contributed by atoms with van der Waals surface area (Å²) in [4.78, 5) is 16.0. The van der Waals surface area contributed by atoms with Crippen LogP contribution in [0, 0.1) is 0 Å². The van der Waals surface area contributed by atoms with Gasteiger partial charge in [-0.25, -0.2) is 9.78 Å². The zero-order chi connectivity index (χ0) is 21.2. The Hall–Kier alpha value is -2.65. The molecule has 29 heavy (non-hydrogen) atoms. The maximum Gasteiger partial charge on any atom is 0.502 e. The van der Waals surface area contributed by atoms with Crippen LogP contribution < -0.4 is 14.2 Å². The molecule has 0 unspecified atom stereocenters. The molecule has 0 bridgehead atoms. The first-order chi connectivity index (χ1) is 13.8. The van der Waals surface area contributed by atoms with Crippen molar-refractivity contribution in [3.63, 3.8) is 0 Å². The van der Waals surface area contributed by atoms with Crippen LogP contribution in [0.3, 0.4) is 0 Å². The molecule has 0 N–H and O–H groups in total. The fourth-order valence-corrected chi connectivity index (χ4v) is 3.61. The monoisotopic (exact) mass is 443 g/mol. The van der Waals surface area contributed by atoms with Crippen LogP contribution in [-0.4, -0.2) is 37.9 Å². The zero-order valence-corrected chi connectivity index (χ0v) is 17.2. The van der Waals surface area contributed by atoms with Gasteiger partial charge in [0.2, 0.25) is 5.75 Å². The van der Waals surface area contributed by atoms with Crippen LogP contribution in [0.1, 0.15) is 6.92 Å². The summed E-state index contributed by atoms with van der Waals surface area (Å²) >= 11 is 7.38. The highest BCUT2D eigenvalue weighted by Gasteiger charge is 2.45. The number of ether oxygens (including phenoxy) is 4. The molecular weight excluding hydrogens is 428 g/mol. The van der Waals surface area contributed by atoms with Gasteiger partial charge in [-0.3, -0.25) is 0 Å². The molecule has 0 amide bonds. The van der Waals surface area contributed by atoms with E-state index in [-0.39, 0.29) is 18.1 Å². The third-order valence-corrected chi connectivity index (χ3v) is 5.12. The van der Waals surface area contributed by atoms with E-state index >= 15 is 0 Å². The molecule has 3 rings (SSSR count). The fourth-order valence-electron chi connectivity index (χ4n) is 2.51. The Balaban J connectivity index is 2.05. The van der Waals surface area contributed by atoms with Crippen LogP contribution in [0.2, 0.25) is 5.02 Å². The number of hydrogen-bond acceptors (Lipinski definition) is 7. The Labute approximate surface area is 173 Å². The zero-order valence-electron chi connectivity index (χ0n) is 15.6. The summed E-state index contributed by atoms with van der Waals surface area (Å²) in [7, 11) is 2.57. The molecule has 0 saturated carbocycles. The smallest absolute Gasteiger partial charge is 0.493 e. The second-order valence-corrected chi connectivity index (χ2v) is 7.15. The Morgan fingerprint density at radius 1 is 1.17 bits per heavy atom. The number of thiazole rings is 1.